The van der Waals surface area contributed by atoms with Gasteiger partial charge in [0, 0.05) is 11.9 Å². The van der Waals surface area contributed by atoms with E-state index < -0.39 is 5.91 Å². The Hall–Kier alpha value is -3.01. The summed E-state index contributed by atoms with van der Waals surface area (Å²) >= 11 is 13.1. The van der Waals surface area contributed by atoms with Crippen molar-refractivity contribution >= 4 is 63.9 Å². The molecular formula is C21H16Cl2N5O3S+. The SMILES string of the molecule is CC1=[N+](C)N(c2ccccc2)C(=O)C1=NC(=O)CSc1nnc(-c2ccc(Cl)cc2Cl)o1. The van der Waals surface area contributed by atoms with Crippen molar-refractivity contribution in [2.45, 2.75) is 12.1 Å². The van der Waals surface area contributed by atoms with Crippen LogP contribution in [0.5, 0.6) is 0 Å². The molecule has 0 fully saturated rings. The van der Waals surface area contributed by atoms with Gasteiger partial charge >= 0.3 is 5.91 Å². The summed E-state index contributed by atoms with van der Waals surface area (Å²) in [5, 5.41) is 10.4. The molecule has 32 heavy (non-hydrogen) atoms. The van der Waals surface area contributed by atoms with Gasteiger partial charge in [-0.15, -0.1) is 14.9 Å². The number of halogens is 2. The molecule has 162 valence electrons. The Bertz CT molecular complexity index is 1270. The highest BCUT2D eigenvalue weighted by molar-refractivity contribution is 7.99. The zero-order chi connectivity index (χ0) is 22.8. The van der Waals surface area contributed by atoms with Crippen LogP contribution in [-0.2, 0) is 9.59 Å². The molecule has 0 spiro atoms. The van der Waals surface area contributed by atoms with Gasteiger partial charge in [-0.05, 0) is 30.3 Å². The van der Waals surface area contributed by atoms with Crippen LogP contribution >= 0.6 is 35.0 Å². The van der Waals surface area contributed by atoms with Crippen molar-refractivity contribution in [3.05, 3.63) is 58.6 Å². The van der Waals surface area contributed by atoms with Crippen molar-refractivity contribution in [3.8, 4) is 11.5 Å². The van der Waals surface area contributed by atoms with Crippen molar-refractivity contribution in [2.75, 3.05) is 17.8 Å². The van der Waals surface area contributed by atoms with E-state index in [4.69, 9.17) is 27.6 Å². The first-order chi connectivity index (χ1) is 15.3. The molecule has 2 aromatic carbocycles. The molecule has 4 rings (SSSR count). The summed E-state index contributed by atoms with van der Waals surface area (Å²) in [5.74, 6) is -0.727. The number of thioether (sulfide) groups is 1. The van der Waals surface area contributed by atoms with E-state index in [2.05, 4.69) is 15.2 Å². The fraction of sp³-hybridized carbons (Fsp3) is 0.143. The first-order valence-corrected chi connectivity index (χ1v) is 11.1. The van der Waals surface area contributed by atoms with E-state index >= 15 is 0 Å². The number of hydrazone groups is 1. The highest BCUT2D eigenvalue weighted by Crippen LogP contribution is 2.31. The van der Waals surface area contributed by atoms with Gasteiger partial charge in [-0.1, -0.05) is 58.2 Å². The Kier molecular flexibility index (Phi) is 6.40. The Labute approximate surface area is 197 Å². The minimum absolute atomic E-state index is 0.0743. The summed E-state index contributed by atoms with van der Waals surface area (Å²) in [6.07, 6.45) is 0. The van der Waals surface area contributed by atoms with Gasteiger partial charge in [0.25, 0.3) is 11.1 Å². The van der Waals surface area contributed by atoms with Crippen molar-refractivity contribution in [1.82, 2.24) is 10.2 Å². The lowest BCUT2D eigenvalue weighted by molar-refractivity contribution is -0.495. The number of nitrogens with zero attached hydrogens (tertiary/aromatic N) is 5. The van der Waals surface area contributed by atoms with Gasteiger partial charge in [-0.2, -0.15) is 0 Å². The Morgan fingerprint density at radius 1 is 1.19 bits per heavy atom. The second kappa shape index (κ2) is 9.23. The molecule has 1 aromatic heterocycles. The molecule has 0 saturated carbocycles. The first kappa shape index (κ1) is 22.2. The number of hydrogen-bond acceptors (Lipinski definition) is 6. The number of amides is 2. The third-order valence-electron chi connectivity index (χ3n) is 4.65. The number of aliphatic imine (C=N–C) groups is 1. The molecule has 1 aliphatic rings. The summed E-state index contributed by atoms with van der Waals surface area (Å²) < 4.78 is 7.23. The largest absolute Gasteiger partial charge is 0.411 e. The van der Waals surface area contributed by atoms with E-state index in [1.54, 1.807) is 36.9 Å². The third kappa shape index (κ3) is 4.45. The second-order valence-electron chi connectivity index (χ2n) is 6.70. The van der Waals surface area contributed by atoms with Crippen LogP contribution in [0.3, 0.4) is 0 Å². The molecule has 3 aromatic rings. The number of aromatic nitrogens is 2. The number of hydrogen-bond donors (Lipinski definition) is 0. The maximum Gasteiger partial charge on any atom is 0.338 e. The maximum atomic E-state index is 12.9. The molecular weight excluding hydrogens is 473 g/mol. The zero-order valence-electron chi connectivity index (χ0n) is 17.0. The fourth-order valence-electron chi connectivity index (χ4n) is 3.00. The van der Waals surface area contributed by atoms with Gasteiger partial charge in [-0.25, -0.2) is 4.99 Å². The van der Waals surface area contributed by atoms with E-state index in [0.29, 0.717) is 27.0 Å². The van der Waals surface area contributed by atoms with Crippen LogP contribution in [0.15, 0.2) is 63.2 Å². The van der Waals surface area contributed by atoms with Gasteiger partial charge in [-0.3, -0.25) is 9.59 Å². The van der Waals surface area contributed by atoms with Crippen molar-refractivity contribution in [1.29, 1.82) is 0 Å². The van der Waals surface area contributed by atoms with E-state index in [0.717, 1.165) is 11.8 Å². The van der Waals surface area contributed by atoms with Crippen LogP contribution in [0, 0.1) is 0 Å². The minimum atomic E-state index is -0.495. The molecule has 0 aliphatic carbocycles. The summed E-state index contributed by atoms with van der Waals surface area (Å²) in [6, 6.07) is 14.0. The Balaban J connectivity index is 1.45. The van der Waals surface area contributed by atoms with Crippen LogP contribution < -0.4 is 5.01 Å². The monoisotopic (exact) mass is 488 g/mol. The van der Waals surface area contributed by atoms with Gasteiger partial charge in [0.2, 0.25) is 17.3 Å². The second-order valence-corrected chi connectivity index (χ2v) is 8.47. The standard InChI is InChI=1S/C21H16Cl2N5O3S/c1-12-18(20(30)28(27(12)2)14-6-4-3-5-7-14)24-17(29)11-32-21-26-25-19(31-21)15-9-8-13(22)10-16(15)23/h3-10H,11H2,1-2H3/q+1. The van der Waals surface area contributed by atoms with Crippen molar-refractivity contribution in [3.63, 3.8) is 0 Å². The smallest absolute Gasteiger partial charge is 0.338 e. The lowest BCUT2D eigenvalue weighted by Gasteiger charge is -2.09. The molecule has 0 unspecified atom stereocenters. The van der Waals surface area contributed by atoms with Crippen LogP contribution in [0.2, 0.25) is 10.0 Å². The molecule has 0 N–H and O–H groups in total. The van der Waals surface area contributed by atoms with Crippen LogP contribution in [0.4, 0.5) is 5.69 Å². The quantitative estimate of drug-likeness (QED) is 0.395. The summed E-state index contributed by atoms with van der Waals surface area (Å²) in [6.45, 7) is 1.74. The Morgan fingerprint density at radius 3 is 2.66 bits per heavy atom. The molecule has 0 radical (unpaired) electrons. The van der Waals surface area contributed by atoms with Crippen molar-refractivity contribution in [2.24, 2.45) is 4.99 Å². The molecule has 0 saturated heterocycles. The zero-order valence-corrected chi connectivity index (χ0v) is 19.3. The van der Waals surface area contributed by atoms with Crippen molar-refractivity contribution < 1.29 is 18.7 Å². The fourth-order valence-corrected chi connectivity index (χ4v) is 4.04. The number of benzene rings is 2. The predicted octanol–water partition coefficient (Wildman–Crippen LogP) is 4.17. The number of anilines is 1. The highest BCUT2D eigenvalue weighted by Gasteiger charge is 2.41. The number of rotatable bonds is 5. The average molecular weight is 489 g/mol. The number of para-hydroxylation sites is 1. The molecule has 2 heterocycles. The lowest BCUT2D eigenvalue weighted by Crippen LogP contribution is -2.34. The summed E-state index contributed by atoms with van der Waals surface area (Å²) in [5.41, 5.74) is 1.90. The minimum Gasteiger partial charge on any atom is -0.411 e. The topological polar surface area (TPSA) is 91.7 Å². The predicted molar refractivity (Wildman–Crippen MR) is 124 cm³/mol. The van der Waals surface area contributed by atoms with Gasteiger partial charge < -0.3 is 4.42 Å². The molecule has 8 nitrogen and oxygen atoms in total. The number of carbonyl (C=O) groups is 2. The van der Waals surface area contributed by atoms with Gasteiger partial charge in [0.1, 0.15) is 5.69 Å². The molecule has 0 atom stereocenters. The van der Waals surface area contributed by atoms with Crippen LogP contribution in [0.1, 0.15) is 6.92 Å². The average Bonchev–Trinajstić information content (AvgIpc) is 3.32. The summed E-state index contributed by atoms with van der Waals surface area (Å²) in [7, 11) is 1.74. The molecule has 0 bridgehead atoms. The third-order valence-corrected chi connectivity index (χ3v) is 6.00. The maximum absolute atomic E-state index is 12.9. The van der Waals surface area contributed by atoms with Gasteiger partial charge in [0.05, 0.1) is 16.3 Å². The van der Waals surface area contributed by atoms with Crippen LogP contribution in [-0.4, -0.2) is 50.9 Å². The first-order valence-electron chi connectivity index (χ1n) is 9.35. The summed E-state index contributed by atoms with van der Waals surface area (Å²) in [4.78, 5) is 29.3. The normalized spacial score (nSPS) is 15.2. The van der Waals surface area contributed by atoms with E-state index in [-0.39, 0.29) is 28.5 Å². The molecule has 2 amide bonds. The lowest BCUT2D eigenvalue weighted by atomic mass is 10.2. The van der Waals surface area contributed by atoms with Gasteiger partial charge in [0.15, 0.2) is 7.05 Å². The molecule has 11 heteroatoms. The molecule has 1 aliphatic heterocycles. The van der Waals surface area contributed by atoms with E-state index in [1.807, 2.05) is 30.3 Å². The van der Waals surface area contributed by atoms with Crippen LogP contribution in [0.25, 0.3) is 11.5 Å². The number of carbonyl (C=O) groups excluding carboxylic acids is 2. The van der Waals surface area contributed by atoms with E-state index in [9.17, 15) is 9.59 Å². The highest BCUT2D eigenvalue weighted by atomic mass is 35.5. The van der Waals surface area contributed by atoms with E-state index in [1.165, 1.54) is 5.01 Å². The Morgan fingerprint density at radius 2 is 1.94 bits per heavy atom. The number of hydrazine groups is 1.